The Morgan fingerprint density at radius 3 is 2.79 bits per heavy atom. The number of carbonyl (C=O) groups excluding carboxylic acids is 1. The molecule has 104 valence electrons. The fourth-order valence-electron chi connectivity index (χ4n) is 2.07. The summed E-state index contributed by atoms with van der Waals surface area (Å²) >= 11 is 0. The highest BCUT2D eigenvalue weighted by Gasteiger charge is 2.19. The smallest absolute Gasteiger partial charge is 0.232 e. The van der Waals surface area contributed by atoms with Crippen LogP contribution in [0.4, 0.5) is 11.4 Å². The van der Waals surface area contributed by atoms with E-state index in [1.807, 2.05) is 6.07 Å². The second-order valence-corrected chi connectivity index (χ2v) is 6.57. The third-order valence-corrected chi connectivity index (χ3v) is 4.44. The molecule has 0 aliphatic carbocycles. The van der Waals surface area contributed by atoms with Gasteiger partial charge in [0.25, 0.3) is 0 Å². The zero-order valence-electron chi connectivity index (χ0n) is 10.9. The van der Waals surface area contributed by atoms with Crippen molar-refractivity contribution in [2.75, 3.05) is 21.9 Å². The van der Waals surface area contributed by atoms with Gasteiger partial charge in [-0.2, -0.15) is 0 Å². The van der Waals surface area contributed by atoms with Crippen molar-refractivity contribution in [1.82, 2.24) is 0 Å². The van der Waals surface area contributed by atoms with Gasteiger partial charge in [-0.3, -0.25) is 9.52 Å². The van der Waals surface area contributed by atoms with E-state index in [0.717, 1.165) is 18.5 Å². The van der Waals surface area contributed by atoms with Gasteiger partial charge in [0.1, 0.15) is 0 Å². The van der Waals surface area contributed by atoms with Crippen LogP contribution in [0.2, 0.25) is 0 Å². The summed E-state index contributed by atoms with van der Waals surface area (Å²) in [4.78, 5) is 13.6. The van der Waals surface area contributed by atoms with Crippen LogP contribution in [0.5, 0.6) is 0 Å². The molecule has 0 atom stereocenters. The zero-order valence-corrected chi connectivity index (χ0v) is 11.7. The minimum Gasteiger partial charge on any atom is -0.312 e. The molecule has 1 aromatic rings. The summed E-state index contributed by atoms with van der Waals surface area (Å²) in [6, 6.07) is 6.97. The summed E-state index contributed by atoms with van der Waals surface area (Å²) in [5.74, 6) is 0.126. The van der Waals surface area contributed by atoms with Crippen LogP contribution < -0.4 is 9.62 Å². The minimum absolute atomic E-state index is 0.0277. The molecule has 2 rings (SSSR count). The fraction of sp³-hybridized carbons (Fsp3) is 0.462. The molecule has 6 heteroatoms. The van der Waals surface area contributed by atoms with Crippen LogP contribution in [0.15, 0.2) is 24.3 Å². The van der Waals surface area contributed by atoms with Crippen molar-refractivity contribution in [2.24, 2.45) is 0 Å². The Morgan fingerprint density at radius 2 is 2.11 bits per heavy atom. The van der Waals surface area contributed by atoms with E-state index in [0.29, 0.717) is 18.7 Å². The Kier molecular flexibility index (Phi) is 4.09. The number of hydrogen-bond acceptors (Lipinski definition) is 3. The van der Waals surface area contributed by atoms with E-state index in [4.69, 9.17) is 0 Å². The number of nitrogens with zero attached hydrogens (tertiary/aromatic N) is 1. The first-order valence-corrected chi connectivity index (χ1v) is 8.08. The van der Waals surface area contributed by atoms with E-state index >= 15 is 0 Å². The molecule has 0 unspecified atom stereocenters. The van der Waals surface area contributed by atoms with Gasteiger partial charge in [-0.15, -0.1) is 0 Å². The SMILES string of the molecule is CCS(=O)(=O)Nc1cccc(N2CCCCC2=O)c1. The van der Waals surface area contributed by atoms with Crippen LogP contribution >= 0.6 is 0 Å². The summed E-state index contributed by atoms with van der Waals surface area (Å²) in [6.45, 7) is 2.28. The number of anilines is 2. The number of nitrogens with one attached hydrogen (secondary N) is 1. The molecule has 1 aromatic carbocycles. The predicted molar refractivity (Wildman–Crippen MR) is 75.7 cm³/mol. The summed E-state index contributed by atoms with van der Waals surface area (Å²) < 4.78 is 25.6. The third kappa shape index (κ3) is 3.47. The lowest BCUT2D eigenvalue weighted by Crippen LogP contribution is -2.35. The van der Waals surface area contributed by atoms with Crippen LogP contribution in [-0.4, -0.2) is 26.6 Å². The van der Waals surface area contributed by atoms with Crippen molar-refractivity contribution in [3.05, 3.63) is 24.3 Å². The van der Waals surface area contributed by atoms with Crippen LogP contribution in [0.3, 0.4) is 0 Å². The van der Waals surface area contributed by atoms with E-state index in [2.05, 4.69) is 4.72 Å². The van der Waals surface area contributed by atoms with Crippen molar-refractivity contribution in [2.45, 2.75) is 26.2 Å². The van der Waals surface area contributed by atoms with Gasteiger partial charge in [-0.05, 0) is 38.0 Å². The van der Waals surface area contributed by atoms with Crippen molar-refractivity contribution in [1.29, 1.82) is 0 Å². The highest BCUT2D eigenvalue weighted by Crippen LogP contribution is 2.24. The number of benzene rings is 1. The van der Waals surface area contributed by atoms with Gasteiger partial charge in [0, 0.05) is 18.7 Å². The molecule has 0 radical (unpaired) electrons. The highest BCUT2D eigenvalue weighted by molar-refractivity contribution is 7.92. The molecule has 0 aromatic heterocycles. The van der Waals surface area contributed by atoms with Gasteiger partial charge in [0.2, 0.25) is 15.9 Å². The van der Waals surface area contributed by atoms with Crippen LogP contribution in [-0.2, 0) is 14.8 Å². The van der Waals surface area contributed by atoms with Crippen molar-refractivity contribution in [3.8, 4) is 0 Å². The maximum absolute atomic E-state index is 11.8. The zero-order chi connectivity index (χ0) is 13.9. The Labute approximate surface area is 113 Å². The summed E-state index contributed by atoms with van der Waals surface area (Å²) in [5, 5.41) is 0. The summed E-state index contributed by atoms with van der Waals surface area (Å²) in [6.07, 6.45) is 2.47. The Hall–Kier alpha value is -1.56. The van der Waals surface area contributed by atoms with Crippen molar-refractivity contribution < 1.29 is 13.2 Å². The highest BCUT2D eigenvalue weighted by atomic mass is 32.2. The lowest BCUT2D eigenvalue weighted by molar-refractivity contribution is -0.119. The van der Waals surface area contributed by atoms with Gasteiger partial charge in [-0.1, -0.05) is 6.07 Å². The van der Waals surface area contributed by atoms with E-state index in [1.165, 1.54) is 0 Å². The first kappa shape index (κ1) is 13.9. The molecule has 0 spiro atoms. The quantitative estimate of drug-likeness (QED) is 0.918. The molecule has 0 saturated carbocycles. The van der Waals surface area contributed by atoms with Crippen LogP contribution in [0.25, 0.3) is 0 Å². The maximum Gasteiger partial charge on any atom is 0.232 e. The van der Waals surface area contributed by atoms with Crippen molar-refractivity contribution >= 4 is 27.3 Å². The lowest BCUT2D eigenvalue weighted by Gasteiger charge is -2.27. The number of hydrogen-bond donors (Lipinski definition) is 1. The van der Waals surface area contributed by atoms with Crippen LogP contribution in [0.1, 0.15) is 26.2 Å². The second-order valence-electron chi connectivity index (χ2n) is 4.56. The first-order valence-electron chi connectivity index (χ1n) is 6.43. The number of sulfonamides is 1. The molecule has 1 fully saturated rings. The maximum atomic E-state index is 11.8. The molecule has 1 aliphatic heterocycles. The molecule has 1 saturated heterocycles. The number of carbonyl (C=O) groups is 1. The van der Waals surface area contributed by atoms with Gasteiger partial charge >= 0.3 is 0 Å². The van der Waals surface area contributed by atoms with Gasteiger partial charge in [-0.25, -0.2) is 8.42 Å². The Bertz CT molecular complexity index is 569. The molecule has 5 nitrogen and oxygen atoms in total. The molecule has 1 heterocycles. The standard InChI is InChI=1S/C13H18N2O3S/c1-2-19(17,18)14-11-6-5-7-12(10-11)15-9-4-3-8-13(15)16/h5-7,10,14H,2-4,8-9H2,1H3. The molecule has 19 heavy (non-hydrogen) atoms. The minimum atomic E-state index is -3.29. The normalized spacial score (nSPS) is 16.5. The summed E-state index contributed by atoms with van der Waals surface area (Å²) in [7, 11) is -3.29. The molecular weight excluding hydrogens is 264 g/mol. The van der Waals surface area contributed by atoms with Gasteiger partial charge < -0.3 is 4.90 Å². The van der Waals surface area contributed by atoms with Crippen LogP contribution in [0, 0.1) is 0 Å². The predicted octanol–water partition coefficient (Wildman–Crippen LogP) is 1.97. The Balaban J connectivity index is 2.21. The third-order valence-electron chi connectivity index (χ3n) is 3.13. The average molecular weight is 282 g/mol. The van der Waals surface area contributed by atoms with Crippen molar-refractivity contribution in [3.63, 3.8) is 0 Å². The number of amides is 1. The molecule has 1 N–H and O–H groups in total. The van der Waals surface area contributed by atoms with E-state index in [9.17, 15) is 13.2 Å². The summed E-state index contributed by atoms with van der Waals surface area (Å²) in [5.41, 5.74) is 1.25. The van der Waals surface area contributed by atoms with E-state index < -0.39 is 10.0 Å². The monoisotopic (exact) mass is 282 g/mol. The molecule has 0 bridgehead atoms. The largest absolute Gasteiger partial charge is 0.312 e. The van der Waals surface area contributed by atoms with Gasteiger partial charge in [0.05, 0.1) is 11.4 Å². The number of rotatable bonds is 4. The topological polar surface area (TPSA) is 66.5 Å². The Morgan fingerprint density at radius 1 is 1.32 bits per heavy atom. The fourth-order valence-corrected chi connectivity index (χ4v) is 2.70. The average Bonchev–Trinajstić information content (AvgIpc) is 2.39. The molecule has 1 aliphatic rings. The molecule has 1 amide bonds. The van der Waals surface area contributed by atoms with E-state index in [-0.39, 0.29) is 11.7 Å². The van der Waals surface area contributed by atoms with E-state index in [1.54, 1.807) is 30.0 Å². The lowest BCUT2D eigenvalue weighted by atomic mass is 10.1. The van der Waals surface area contributed by atoms with Gasteiger partial charge in [0.15, 0.2) is 0 Å². The first-order chi connectivity index (χ1) is 9.02. The number of piperidine rings is 1. The molecular formula is C13H18N2O3S. The second kappa shape index (κ2) is 5.61.